The zero-order valence-corrected chi connectivity index (χ0v) is 19.4. The van der Waals surface area contributed by atoms with Crippen molar-refractivity contribution < 1.29 is 23.0 Å². The van der Waals surface area contributed by atoms with Crippen molar-refractivity contribution in [3.63, 3.8) is 0 Å². The van der Waals surface area contributed by atoms with Crippen molar-refractivity contribution in [2.75, 3.05) is 6.61 Å². The average Bonchev–Trinajstić information content (AvgIpc) is 2.75. The molecule has 3 aromatic rings. The topological polar surface area (TPSA) is 59.9 Å². The fourth-order valence-corrected chi connectivity index (χ4v) is 3.63. The first-order valence-electron chi connectivity index (χ1n) is 9.84. The molecule has 0 spiro atoms. The first kappa shape index (κ1) is 23.6. The van der Waals surface area contributed by atoms with Crippen molar-refractivity contribution in [2.45, 2.75) is 20.0 Å². The van der Waals surface area contributed by atoms with Crippen LogP contribution in [0.4, 0.5) is 8.78 Å². The van der Waals surface area contributed by atoms with Gasteiger partial charge in [0.1, 0.15) is 18.2 Å². The lowest BCUT2D eigenvalue weighted by molar-refractivity contribution is -0.120. The molecular formula is C24H21F2IN2O3. The number of ether oxygens (including phenoxy) is 2. The van der Waals surface area contributed by atoms with E-state index in [1.54, 1.807) is 30.3 Å². The predicted octanol–water partition coefficient (Wildman–Crippen LogP) is 5.24. The predicted molar refractivity (Wildman–Crippen MR) is 127 cm³/mol. The third-order valence-electron chi connectivity index (χ3n) is 4.28. The Balaban J connectivity index is 1.66. The van der Waals surface area contributed by atoms with Crippen molar-refractivity contribution in [1.82, 2.24) is 5.43 Å². The Morgan fingerprint density at radius 1 is 1.03 bits per heavy atom. The molecule has 0 radical (unpaired) electrons. The van der Waals surface area contributed by atoms with Crippen LogP contribution in [0, 0.1) is 15.2 Å². The van der Waals surface area contributed by atoms with Gasteiger partial charge in [-0.1, -0.05) is 24.3 Å². The van der Waals surface area contributed by atoms with Crippen molar-refractivity contribution >= 4 is 34.7 Å². The molecule has 8 heteroatoms. The summed E-state index contributed by atoms with van der Waals surface area (Å²) in [5, 5.41) is 3.99. The summed E-state index contributed by atoms with van der Waals surface area (Å²) in [6.45, 7) is 2.49. The minimum Gasteiger partial charge on any atom is -0.490 e. The Labute approximate surface area is 198 Å². The Kier molecular flexibility index (Phi) is 8.55. The van der Waals surface area contributed by atoms with E-state index in [0.29, 0.717) is 34.8 Å². The number of hydrazone groups is 1. The summed E-state index contributed by atoms with van der Waals surface area (Å²) >= 11 is 2.12. The van der Waals surface area contributed by atoms with Crippen LogP contribution in [-0.4, -0.2) is 18.7 Å². The molecule has 32 heavy (non-hydrogen) atoms. The van der Waals surface area contributed by atoms with Crippen LogP contribution in [-0.2, 0) is 17.8 Å². The Morgan fingerprint density at radius 3 is 2.53 bits per heavy atom. The summed E-state index contributed by atoms with van der Waals surface area (Å²) in [5.41, 5.74) is 4.56. The summed E-state index contributed by atoms with van der Waals surface area (Å²) in [7, 11) is 0. The minimum absolute atomic E-state index is 0.0895. The van der Waals surface area contributed by atoms with Crippen LogP contribution in [0.2, 0.25) is 0 Å². The number of hydrogen-bond acceptors (Lipinski definition) is 4. The van der Waals surface area contributed by atoms with Crippen molar-refractivity contribution in [1.29, 1.82) is 0 Å². The molecule has 166 valence electrons. The van der Waals surface area contributed by atoms with E-state index in [2.05, 4.69) is 33.1 Å². The monoisotopic (exact) mass is 550 g/mol. The molecule has 0 atom stereocenters. The third-order valence-corrected chi connectivity index (χ3v) is 5.09. The average molecular weight is 550 g/mol. The van der Waals surface area contributed by atoms with Crippen LogP contribution in [0.15, 0.2) is 65.8 Å². The van der Waals surface area contributed by atoms with Gasteiger partial charge < -0.3 is 9.47 Å². The van der Waals surface area contributed by atoms with E-state index in [0.717, 1.165) is 3.57 Å². The molecule has 1 amide bonds. The van der Waals surface area contributed by atoms with E-state index >= 15 is 0 Å². The largest absolute Gasteiger partial charge is 0.490 e. The summed E-state index contributed by atoms with van der Waals surface area (Å²) in [5.74, 6) is 0.0841. The number of amides is 1. The van der Waals surface area contributed by atoms with E-state index in [4.69, 9.17) is 9.47 Å². The smallest absolute Gasteiger partial charge is 0.244 e. The molecule has 0 saturated heterocycles. The van der Waals surface area contributed by atoms with E-state index < -0.39 is 0 Å². The molecule has 0 bridgehead atoms. The van der Waals surface area contributed by atoms with E-state index in [1.807, 2.05) is 13.0 Å². The van der Waals surface area contributed by atoms with Gasteiger partial charge in [-0.05, 0) is 82.6 Å². The lowest BCUT2D eigenvalue weighted by Crippen LogP contribution is -2.19. The normalized spacial score (nSPS) is 10.9. The van der Waals surface area contributed by atoms with Gasteiger partial charge in [0.05, 0.1) is 22.8 Å². The molecule has 5 nitrogen and oxygen atoms in total. The Morgan fingerprint density at radius 2 is 1.81 bits per heavy atom. The minimum atomic E-state index is -0.352. The summed E-state index contributed by atoms with van der Waals surface area (Å²) in [4.78, 5) is 12.0. The number of carbonyl (C=O) groups is 1. The van der Waals surface area contributed by atoms with Gasteiger partial charge in [-0.25, -0.2) is 14.2 Å². The molecule has 0 fully saturated rings. The zero-order valence-electron chi connectivity index (χ0n) is 17.3. The molecule has 0 aliphatic carbocycles. The Bertz CT molecular complexity index is 1100. The number of hydrogen-bond donors (Lipinski definition) is 1. The second-order valence-corrected chi connectivity index (χ2v) is 7.94. The van der Waals surface area contributed by atoms with Gasteiger partial charge in [0.25, 0.3) is 0 Å². The number of carbonyl (C=O) groups excluding carboxylic acids is 1. The lowest BCUT2D eigenvalue weighted by atomic mass is 10.1. The number of nitrogens with one attached hydrogen (secondary N) is 1. The van der Waals surface area contributed by atoms with Gasteiger partial charge in [0.2, 0.25) is 5.91 Å². The van der Waals surface area contributed by atoms with Crippen molar-refractivity contribution in [3.05, 3.63) is 92.6 Å². The maximum absolute atomic E-state index is 13.4. The highest BCUT2D eigenvalue weighted by Crippen LogP contribution is 2.34. The highest BCUT2D eigenvalue weighted by atomic mass is 127. The molecule has 3 rings (SSSR count). The molecule has 3 aromatic carbocycles. The van der Waals surface area contributed by atoms with Gasteiger partial charge >= 0.3 is 0 Å². The van der Waals surface area contributed by atoms with Gasteiger partial charge in [-0.2, -0.15) is 5.10 Å². The molecule has 0 aromatic heterocycles. The summed E-state index contributed by atoms with van der Waals surface area (Å²) in [6.07, 6.45) is 1.59. The van der Waals surface area contributed by atoms with E-state index in [-0.39, 0.29) is 30.6 Å². The van der Waals surface area contributed by atoms with Gasteiger partial charge in [0, 0.05) is 0 Å². The maximum atomic E-state index is 13.4. The SMILES string of the molecule is CCOc1cc(/C=N/NC(=O)Cc2ccc(F)cc2)cc(I)c1OCc1cccc(F)c1. The molecule has 0 unspecified atom stereocenters. The molecule has 0 aliphatic rings. The third kappa shape index (κ3) is 7.01. The summed E-state index contributed by atoms with van der Waals surface area (Å²) < 4.78 is 38.7. The van der Waals surface area contributed by atoms with Crippen molar-refractivity contribution in [2.24, 2.45) is 5.10 Å². The van der Waals surface area contributed by atoms with E-state index in [1.165, 1.54) is 30.5 Å². The fourth-order valence-electron chi connectivity index (χ4n) is 2.85. The van der Waals surface area contributed by atoms with Crippen LogP contribution in [0.25, 0.3) is 0 Å². The van der Waals surface area contributed by atoms with Gasteiger partial charge in [0.15, 0.2) is 11.5 Å². The van der Waals surface area contributed by atoms with Crippen LogP contribution in [0.1, 0.15) is 23.6 Å². The fraction of sp³-hybridized carbons (Fsp3) is 0.167. The van der Waals surface area contributed by atoms with Crippen LogP contribution < -0.4 is 14.9 Å². The summed E-state index contributed by atoms with van der Waals surface area (Å²) in [6, 6.07) is 15.5. The van der Waals surface area contributed by atoms with Crippen LogP contribution >= 0.6 is 22.6 Å². The molecule has 1 N–H and O–H groups in total. The molecule has 0 heterocycles. The first-order valence-corrected chi connectivity index (χ1v) is 10.9. The standard InChI is InChI=1S/C24H21F2IN2O3/c1-2-31-22-12-18(14-28-29-23(30)13-16-6-8-19(25)9-7-16)11-21(27)24(22)32-15-17-4-3-5-20(26)10-17/h3-12,14H,2,13,15H2,1H3,(H,29,30)/b28-14+. The number of rotatable bonds is 9. The maximum Gasteiger partial charge on any atom is 0.244 e. The van der Waals surface area contributed by atoms with Crippen molar-refractivity contribution in [3.8, 4) is 11.5 Å². The molecule has 0 aliphatic heterocycles. The highest BCUT2D eigenvalue weighted by Gasteiger charge is 2.12. The van der Waals surface area contributed by atoms with Crippen LogP contribution in [0.3, 0.4) is 0 Å². The zero-order chi connectivity index (χ0) is 22.9. The quantitative estimate of drug-likeness (QED) is 0.225. The number of nitrogens with zero attached hydrogens (tertiary/aromatic N) is 1. The van der Waals surface area contributed by atoms with Crippen LogP contribution in [0.5, 0.6) is 11.5 Å². The van der Waals surface area contributed by atoms with Gasteiger partial charge in [-0.3, -0.25) is 4.79 Å². The Hall–Kier alpha value is -3.01. The lowest BCUT2D eigenvalue weighted by Gasteiger charge is -2.14. The highest BCUT2D eigenvalue weighted by molar-refractivity contribution is 14.1. The van der Waals surface area contributed by atoms with E-state index in [9.17, 15) is 13.6 Å². The number of benzene rings is 3. The molecular weight excluding hydrogens is 529 g/mol. The number of halogens is 3. The second-order valence-electron chi connectivity index (χ2n) is 6.78. The molecule has 0 saturated carbocycles. The first-order chi connectivity index (χ1) is 15.4. The second kappa shape index (κ2) is 11.6. The van der Waals surface area contributed by atoms with Gasteiger partial charge in [-0.15, -0.1) is 0 Å².